The van der Waals surface area contributed by atoms with Gasteiger partial charge in [-0.25, -0.2) is 0 Å². The molecule has 1 unspecified atom stereocenters. The van der Waals surface area contributed by atoms with Gasteiger partial charge in [0.1, 0.15) is 0 Å². The summed E-state index contributed by atoms with van der Waals surface area (Å²) < 4.78 is 0. The number of nitrogens with two attached hydrogens (primary N) is 1. The molecule has 0 saturated carbocycles. The Balaban J connectivity index is 0.000000810. The maximum absolute atomic E-state index is 5.62. The molecule has 0 aliphatic carbocycles. The van der Waals surface area contributed by atoms with Crippen LogP contribution in [0.25, 0.3) is 0 Å². The summed E-state index contributed by atoms with van der Waals surface area (Å²) in [5.41, 5.74) is 6.45. The Morgan fingerprint density at radius 1 is 1.80 bits per heavy atom. The van der Waals surface area contributed by atoms with E-state index < -0.39 is 0 Å². The first-order valence-corrected chi connectivity index (χ1v) is 2.96. The van der Waals surface area contributed by atoms with Gasteiger partial charge in [-0.2, -0.15) is 15.4 Å². The summed E-state index contributed by atoms with van der Waals surface area (Å²) in [5, 5.41) is 9.97. The van der Waals surface area contributed by atoms with Gasteiger partial charge in [0.25, 0.3) is 0 Å². The molecule has 1 aromatic rings. The van der Waals surface area contributed by atoms with Gasteiger partial charge in [-0.1, -0.05) is 6.92 Å². The third kappa shape index (κ3) is 1.97. The number of H-pyrrole nitrogens is 1. The quantitative estimate of drug-likeness (QED) is 0.671. The molecule has 1 aromatic heterocycles. The van der Waals surface area contributed by atoms with Gasteiger partial charge in [-0.3, -0.25) is 0 Å². The Kier molecular flexibility index (Phi) is 3.99. The van der Waals surface area contributed by atoms with Crippen molar-refractivity contribution in [2.45, 2.75) is 19.4 Å². The fourth-order valence-electron chi connectivity index (χ4n) is 0.598. The molecular weight excluding hydrogens is 152 g/mol. The molecule has 58 valence electrons. The SMILES string of the molecule is CCC(N)c1cn[nH]n1.Cl. The van der Waals surface area contributed by atoms with E-state index in [4.69, 9.17) is 5.73 Å². The van der Waals surface area contributed by atoms with Crippen LogP contribution in [-0.2, 0) is 0 Å². The molecule has 0 aliphatic heterocycles. The van der Waals surface area contributed by atoms with Crippen LogP contribution >= 0.6 is 12.4 Å². The van der Waals surface area contributed by atoms with Gasteiger partial charge in [0, 0.05) is 0 Å². The van der Waals surface area contributed by atoms with E-state index in [2.05, 4.69) is 15.4 Å². The van der Waals surface area contributed by atoms with Crippen molar-refractivity contribution in [3.63, 3.8) is 0 Å². The standard InChI is InChI=1S/C5H10N4.ClH/c1-2-4(6)5-3-7-9-8-5;/h3-4H,2,6H2,1H3,(H,7,8,9);1H. The van der Waals surface area contributed by atoms with Crippen molar-refractivity contribution in [3.05, 3.63) is 11.9 Å². The van der Waals surface area contributed by atoms with E-state index in [1.165, 1.54) is 0 Å². The Morgan fingerprint density at radius 2 is 2.50 bits per heavy atom. The first-order chi connectivity index (χ1) is 4.34. The fraction of sp³-hybridized carbons (Fsp3) is 0.600. The van der Waals surface area contributed by atoms with Crippen molar-refractivity contribution in [2.24, 2.45) is 5.73 Å². The number of aromatic nitrogens is 3. The molecule has 5 heteroatoms. The zero-order chi connectivity index (χ0) is 6.69. The second kappa shape index (κ2) is 4.24. The van der Waals surface area contributed by atoms with Gasteiger partial charge in [-0.15, -0.1) is 12.4 Å². The number of hydrogen-bond acceptors (Lipinski definition) is 3. The highest BCUT2D eigenvalue weighted by Gasteiger charge is 2.03. The van der Waals surface area contributed by atoms with E-state index in [1.807, 2.05) is 6.92 Å². The molecule has 4 nitrogen and oxygen atoms in total. The highest BCUT2D eigenvalue weighted by molar-refractivity contribution is 5.85. The second-order valence-corrected chi connectivity index (χ2v) is 1.91. The van der Waals surface area contributed by atoms with Crippen LogP contribution in [0.2, 0.25) is 0 Å². The summed E-state index contributed by atoms with van der Waals surface area (Å²) in [7, 11) is 0. The molecule has 0 radical (unpaired) electrons. The van der Waals surface area contributed by atoms with E-state index in [0.717, 1.165) is 12.1 Å². The normalized spacial score (nSPS) is 12.2. The molecule has 0 amide bonds. The van der Waals surface area contributed by atoms with Crippen LogP contribution < -0.4 is 5.73 Å². The lowest BCUT2D eigenvalue weighted by atomic mass is 10.2. The molecular formula is C5H11ClN4. The van der Waals surface area contributed by atoms with Gasteiger partial charge in [0.05, 0.1) is 17.9 Å². The van der Waals surface area contributed by atoms with Gasteiger partial charge in [0.2, 0.25) is 0 Å². The van der Waals surface area contributed by atoms with Crippen LogP contribution in [-0.4, -0.2) is 15.4 Å². The van der Waals surface area contributed by atoms with E-state index >= 15 is 0 Å². The van der Waals surface area contributed by atoms with Gasteiger partial charge >= 0.3 is 0 Å². The molecule has 1 heterocycles. The summed E-state index contributed by atoms with van der Waals surface area (Å²) in [6, 6.07) is 0.0312. The minimum atomic E-state index is 0. The van der Waals surface area contributed by atoms with Crippen LogP contribution in [0.1, 0.15) is 25.1 Å². The van der Waals surface area contributed by atoms with Crippen LogP contribution in [0.15, 0.2) is 6.20 Å². The Morgan fingerprint density at radius 3 is 2.90 bits per heavy atom. The lowest BCUT2D eigenvalue weighted by molar-refractivity contribution is 0.671. The van der Waals surface area contributed by atoms with E-state index in [1.54, 1.807) is 6.20 Å². The second-order valence-electron chi connectivity index (χ2n) is 1.91. The smallest absolute Gasteiger partial charge is 0.0991 e. The van der Waals surface area contributed by atoms with Crippen molar-refractivity contribution in [2.75, 3.05) is 0 Å². The Bertz CT molecular complexity index is 162. The molecule has 10 heavy (non-hydrogen) atoms. The third-order valence-corrected chi connectivity index (χ3v) is 1.25. The minimum absolute atomic E-state index is 0. The molecule has 0 saturated heterocycles. The van der Waals surface area contributed by atoms with Crippen LogP contribution in [0, 0.1) is 0 Å². The summed E-state index contributed by atoms with van der Waals surface area (Å²) in [4.78, 5) is 0. The number of hydrogen-bond donors (Lipinski definition) is 2. The van der Waals surface area contributed by atoms with E-state index in [0.29, 0.717) is 0 Å². The van der Waals surface area contributed by atoms with Crippen molar-refractivity contribution < 1.29 is 0 Å². The largest absolute Gasteiger partial charge is 0.323 e. The number of halogens is 1. The molecule has 0 aliphatic rings. The lowest BCUT2D eigenvalue weighted by Crippen LogP contribution is -2.08. The zero-order valence-electron chi connectivity index (χ0n) is 5.74. The highest BCUT2D eigenvalue weighted by Crippen LogP contribution is 2.06. The maximum atomic E-state index is 5.62. The summed E-state index contributed by atoms with van der Waals surface area (Å²) in [6.07, 6.45) is 2.54. The monoisotopic (exact) mass is 162 g/mol. The molecule has 0 aromatic carbocycles. The number of rotatable bonds is 2. The molecule has 3 N–H and O–H groups in total. The molecule has 0 bridgehead atoms. The molecule has 0 fully saturated rings. The van der Waals surface area contributed by atoms with Crippen LogP contribution in [0.3, 0.4) is 0 Å². The molecule has 1 rings (SSSR count). The third-order valence-electron chi connectivity index (χ3n) is 1.25. The van der Waals surface area contributed by atoms with E-state index in [-0.39, 0.29) is 18.4 Å². The Labute approximate surface area is 65.6 Å². The Hall–Kier alpha value is -0.610. The van der Waals surface area contributed by atoms with Crippen molar-refractivity contribution in [1.82, 2.24) is 15.4 Å². The molecule has 1 atom stereocenters. The minimum Gasteiger partial charge on any atom is -0.323 e. The fourth-order valence-corrected chi connectivity index (χ4v) is 0.598. The first kappa shape index (κ1) is 9.39. The average molecular weight is 163 g/mol. The summed E-state index contributed by atoms with van der Waals surface area (Å²) in [6.45, 7) is 2.01. The van der Waals surface area contributed by atoms with Crippen LogP contribution in [0.4, 0.5) is 0 Å². The highest BCUT2D eigenvalue weighted by atomic mass is 35.5. The van der Waals surface area contributed by atoms with Gasteiger partial charge in [0.15, 0.2) is 0 Å². The lowest BCUT2D eigenvalue weighted by Gasteiger charge is -2.00. The number of nitrogens with zero attached hydrogens (tertiary/aromatic N) is 2. The average Bonchev–Trinajstić information content (AvgIpc) is 2.37. The van der Waals surface area contributed by atoms with Crippen molar-refractivity contribution in [1.29, 1.82) is 0 Å². The topological polar surface area (TPSA) is 67.6 Å². The first-order valence-electron chi connectivity index (χ1n) is 2.96. The predicted molar refractivity (Wildman–Crippen MR) is 40.9 cm³/mol. The zero-order valence-corrected chi connectivity index (χ0v) is 6.56. The van der Waals surface area contributed by atoms with E-state index in [9.17, 15) is 0 Å². The maximum Gasteiger partial charge on any atom is 0.0991 e. The number of aromatic amines is 1. The van der Waals surface area contributed by atoms with Crippen molar-refractivity contribution in [3.8, 4) is 0 Å². The summed E-state index contributed by atoms with van der Waals surface area (Å²) >= 11 is 0. The van der Waals surface area contributed by atoms with Gasteiger partial charge in [-0.05, 0) is 6.42 Å². The number of nitrogens with one attached hydrogen (secondary N) is 1. The molecule has 0 spiro atoms. The van der Waals surface area contributed by atoms with Crippen LogP contribution in [0.5, 0.6) is 0 Å². The predicted octanol–water partition coefficient (Wildman–Crippen LogP) is 0.636. The van der Waals surface area contributed by atoms with Crippen molar-refractivity contribution >= 4 is 12.4 Å². The summed E-state index contributed by atoms with van der Waals surface area (Å²) in [5.74, 6) is 0. The van der Waals surface area contributed by atoms with Gasteiger partial charge < -0.3 is 5.73 Å².